The minimum atomic E-state index is -3.30. The molecule has 7 nitrogen and oxygen atoms in total. The summed E-state index contributed by atoms with van der Waals surface area (Å²) in [5, 5.41) is -0.295. The van der Waals surface area contributed by atoms with E-state index in [1.807, 2.05) is 24.3 Å². The first kappa shape index (κ1) is 20.5. The molecule has 31 heavy (non-hydrogen) atoms. The first-order valence-corrected chi connectivity index (χ1v) is 12.4. The van der Waals surface area contributed by atoms with Gasteiger partial charge in [-0.05, 0) is 62.1 Å². The van der Waals surface area contributed by atoms with Gasteiger partial charge in [0.1, 0.15) is 0 Å². The minimum absolute atomic E-state index is 0.174. The molecule has 8 heteroatoms. The van der Waals surface area contributed by atoms with E-state index in [4.69, 9.17) is 0 Å². The summed E-state index contributed by atoms with van der Waals surface area (Å²) in [6.45, 7) is 4.83. The average Bonchev–Trinajstić information content (AvgIpc) is 2.93. The van der Waals surface area contributed by atoms with Crippen LogP contribution in [0, 0.1) is 5.92 Å². The second-order valence-corrected chi connectivity index (χ2v) is 10.7. The second kappa shape index (κ2) is 8.26. The third-order valence-corrected chi connectivity index (χ3v) is 9.17. The largest absolute Gasteiger partial charge is 0.297 e. The van der Waals surface area contributed by atoms with Crippen molar-refractivity contribution in [3.8, 4) is 0 Å². The highest BCUT2D eigenvalue weighted by Gasteiger charge is 2.47. The van der Waals surface area contributed by atoms with Crippen LogP contribution >= 0.6 is 0 Å². The zero-order chi connectivity index (χ0) is 21.4. The predicted octanol–water partition coefficient (Wildman–Crippen LogP) is 3.01. The number of likely N-dealkylation sites (tertiary alicyclic amines) is 1. The standard InChI is InChI=1S/C23H27N5O2S/c1-17(18-5-6-21-22(14-18)26-11-10-25-21)27-12-7-19-15-28(16-20-4-2-3-9-24-20)31(29,30)23(19)8-13-27/h2-6,9-11,14,17,19,23H,7-8,12-13,15-16H2,1H3. The van der Waals surface area contributed by atoms with Crippen molar-refractivity contribution in [1.29, 1.82) is 0 Å². The van der Waals surface area contributed by atoms with Gasteiger partial charge in [0, 0.05) is 37.7 Å². The van der Waals surface area contributed by atoms with Crippen LogP contribution in [-0.2, 0) is 16.6 Å². The van der Waals surface area contributed by atoms with E-state index >= 15 is 0 Å². The zero-order valence-electron chi connectivity index (χ0n) is 17.6. The summed E-state index contributed by atoms with van der Waals surface area (Å²) in [6.07, 6.45) is 6.69. The number of rotatable bonds is 4. The van der Waals surface area contributed by atoms with Gasteiger partial charge in [-0.3, -0.25) is 19.9 Å². The lowest BCUT2D eigenvalue weighted by Gasteiger charge is -2.28. The average molecular weight is 438 g/mol. The van der Waals surface area contributed by atoms with E-state index in [0.717, 1.165) is 36.2 Å². The van der Waals surface area contributed by atoms with Gasteiger partial charge < -0.3 is 0 Å². The number of benzene rings is 1. The number of hydrogen-bond donors (Lipinski definition) is 0. The number of nitrogens with zero attached hydrogens (tertiary/aromatic N) is 5. The Kier molecular flexibility index (Phi) is 5.45. The molecule has 162 valence electrons. The molecule has 0 spiro atoms. The Hall–Kier alpha value is -2.42. The molecule has 3 atom stereocenters. The van der Waals surface area contributed by atoms with Gasteiger partial charge in [0.25, 0.3) is 0 Å². The van der Waals surface area contributed by atoms with Crippen molar-refractivity contribution in [2.75, 3.05) is 19.6 Å². The molecule has 0 amide bonds. The van der Waals surface area contributed by atoms with Gasteiger partial charge in [-0.1, -0.05) is 12.1 Å². The molecule has 0 aliphatic carbocycles. The van der Waals surface area contributed by atoms with Crippen molar-refractivity contribution in [3.63, 3.8) is 0 Å². The molecule has 2 saturated heterocycles. The quantitative estimate of drug-likeness (QED) is 0.624. The Balaban J connectivity index is 1.30. The van der Waals surface area contributed by atoms with Crippen LogP contribution in [0.4, 0.5) is 0 Å². The maximum Gasteiger partial charge on any atom is 0.217 e. The van der Waals surface area contributed by atoms with Crippen molar-refractivity contribution in [2.24, 2.45) is 5.92 Å². The van der Waals surface area contributed by atoms with E-state index in [-0.39, 0.29) is 17.2 Å². The summed E-state index contributed by atoms with van der Waals surface area (Å²) in [6, 6.07) is 12.1. The molecular formula is C23H27N5O2S. The summed E-state index contributed by atoms with van der Waals surface area (Å²) in [5.41, 5.74) is 3.78. The van der Waals surface area contributed by atoms with E-state index in [1.165, 1.54) is 5.56 Å². The lowest BCUT2D eigenvalue weighted by Crippen LogP contribution is -2.33. The fourth-order valence-corrected chi connectivity index (χ4v) is 7.19. The Morgan fingerprint density at radius 1 is 1.00 bits per heavy atom. The highest BCUT2D eigenvalue weighted by molar-refractivity contribution is 7.90. The molecule has 2 aliphatic heterocycles. The van der Waals surface area contributed by atoms with Crippen LogP contribution < -0.4 is 0 Å². The highest BCUT2D eigenvalue weighted by Crippen LogP contribution is 2.37. The summed E-state index contributed by atoms with van der Waals surface area (Å²) in [7, 11) is -3.30. The first-order chi connectivity index (χ1) is 15.0. The van der Waals surface area contributed by atoms with Crippen LogP contribution in [0.25, 0.3) is 11.0 Å². The molecule has 0 radical (unpaired) electrons. The summed E-state index contributed by atoms with van der Waals surface area (Å²) < 4.78 is 28.1. The third-order valence-electron chi connectivity index (χ3n) is 6.78. The van der Waals surface area contributed by atoms with Crippen molar-refractivity contribution < 1.29 is 8.42 Å². The molecule has 0 saturated carbocycles. The van der Waals surface area contributed by atoms with Gasteiger partial charge in [0.05, 0.1) is 28.5 Å². The Labute approximate surface area is 183 Å². The molecule has 5 rings (SSSR count). The van der Waals surface area contributed by atoms with Crippen molar-refractivity contribution >= 4 is 21.1 Å². The minimum Gasteiger partial charge on any atom is -0.297 e. The molecule has 0 bridgehead atoms. The number of fused-ring (bicyclic) bond motifs is 2. The maximum absolute atomic E-state index is 13.2. The Morgan fingerprint density at radius 2 is 1.81 bits per heavy atom. The molecule has 3 aromatic rings. The van der Waals surface area contributed by atoms with Gasteiger partial charge in [-0.25, -0.2) is 8.42 Å². The van der Waals surface area contributed by atoms with E-state index in [0.29, 0.717) is 19.5 Å². The number of sulfonamides is 1. The van der Waals surface area contributed by atoms with Crippen molar-refractivity contribution in [1.82, 2.24) is 24.2 Å². The van der Waals surface area contributed by atoms with Crippen molar-refractivity contribution in [2.45, 2.75) is 37.6 Å². The lowest BCUT2D eigenvalue weighted by molar-refractivity contribution is 0.213. The fourth-order valence-electron chi connectivity index (χ4n) is 4.98. The van der Waals surface area contributed by atoms with Crippen LogP contribution in [0.15, 0.2) is 55.0 Å². The van der Waals surface area contributed by atoms with Gasteiger partial charge in [0.2, 0.25) is 10.0 Å². The summed E-state index contributed by atoms with van der Waals surface area (Å²) in [5.74, 6) is 0.174. The Morgan fingerprint density at radius 3 is 2.61 bits per heavy atom. The van der Waals surface area contributed by atoms with Crippen LogP contribution in [-0.4, -0.2) is 57.5 Å². The normalized spacial score (nSPS) is 25.2. The van der Waals surface area contributed by atoms with Gasteiger partial charge in [-0.15, -0.1) is 0 Å². The Bertz CT molecular complexity index is 1170. The zero-order valence-corrected chi connectivity index (χ0v) is 18.4. The molecule has 0 N–H and O–H groups in total. The smallest absolute Gasteiger partial charge is 0.217 e. The van der Waals surface area contributed by atoms with Gasteiger partial charge in [-0.2, -0.15) is 4.31 Å². The maximum atomic E-state index is 13.2. The lowest BCUT2D eigenvalue weighted by atomic mass is 10.0. The fraction of sp³-hybridized carbons (Fsp3) is 0.435. The molecule has 2 aromatic heterocycles. The third kappa shape index (κ3) is 3.95. The second-order valence-electron chi connectivity index (χ2n) is 8.55. The number of aromatic nitrogens is 3. The number of hydrogen-bond acceptors (Lipinski definition) is 6. The summed E-state index contributed by atoms with van der Waals surface area (Å²) >= 11 is 0. The van der Waals surface area contributed by atoms with E-state index in [1.54, 1.807) is 22.9 Å². The highest BCUT2D eigenvalue weighted by atomic mass is 32.2. The number of pyridine rings is 1. The van der Waals surface area contributed by atoms with Gasteiger partial charge in [0.15, 0.2) is 0 Å². The first-order valence-electron chi connectivity index (χ1n) is 10.9. The SMILES string of the molecule is CC(c1ccc2nccnc2c1)N1CCC2CN(Cc3ccccn3)S(=O)(=O)C2CC1. The van der Waals surface area contributed by atoms with Crippen LogP contribution in [0.3, 0.4) is 0 Å². The molecule has 1 aromatic carbocycles. The van der Waals surface area contributed by atoms with E-state index in [2.05, 4.69) is 38.9 Å². The molecule has 2 aliphatic rings. The predicted molar refractivity (Wildman–Crippen MR) is 120 cm³/mol. The topological polar surface area (TPSA) is 79.3 Å². The van der Waals surface area contributed by atoms with E-state index in [9.17, 15) is 8.42 Å². The van der Waals surface area contributed by atoms with Crippen LogP contribution in [0.2, 0.25) is 0 Å². The molecule has 3 unspecified atom stereocenters. The van der Waals surface area contributed by atoms with Crippen LogP contribution in [0.5, 0.6) is 0 Å². The molecule has 4 heterocycles. The van der Waals surface area contributed by atoms with Crippen molar-refractivity contribution in [3.05, 3.63) is 66.2 Å². The summed E-state index contributed by atoms with van der Waals surface area (Å²) in [4.78, 5) is 15.5. The monoisotopic (exact) mass is 437 g/mol. The molecular weight excluding hydrogens is 410 g/mol. The molecule has 2 fully saturated rings. The van der Waals surface area contributed by atoms with Gasteiger partial charge >= 0.3 is 0 Å². The van der Waals surface area contributed by atoms with Crippen LogP contribution in [0.1, 0.15) is 37.1 Å². The van der Waals surface area contributed by atoms with E-state index < -0.39 is 10.0 Å².